The molecule has 0 aliphatic heterocycles. The number of anilines is 1. The maximum atomic E-state index is 13.5. The van der Waals surface area contributed by atoms with E-state index in [0.717, 1.165) is 38.9 Å². The number of nitrogens with one attached hydrogen (secondary N) is 1. The predicted molar refractivity (Wildman–Crippen MR) is 130 cm³/mol. The summed E-state index contributed by atoms with van der Waals surface area (Å²) in [5.74, 6) is 0.736. The van der Waals surface area contributed by atoms with Crippen LogP contribution in [0, 0.1) is 20.8 Å². The van der Waals surface area contributed by atoms with Crippen LogP contribution in [0.1, 0.15) is 33.3 Å². The molecule has 0 bridgehead atoms. The SMILES string of the molecule is Cc1ccc(C)c(NC(=O)C(Sc2nnc(C)n2Cc2ccccc2)c2ccccc2)c1. The molecule has 1 aromatic heterocycles. The van der Waals surface area contributed by atoms with Crippen LogP contribution in [-0.2, 0) is 11.3 Å². The maximum Gasteiger partial charge on any atom is 0.242 e. The number of benzene rings is 3. The number of aryl methyl sites for hydroxylation is 3. The first kappa shape index (κ1) is 21.8. The fourth-order valence-corrected chi connectivity index (χ4v) is 4.55. The number of hydrogen-bond acceptors (Lipinski definition) is 4. The molecule has 0 saturated carbocycles. The van der Waals surface area contributed by atoms with E-state index in [4.69, 9.17) is 0 Å². The Morgan fingerprint density at radius 3 is 2.34 bits per heavy atom. The summed E-state index contributed by atoms with van der Waals surface area (Å²) in [4.78, 5) is 13.5. The van der Waals surface area contributed by atoms with Gasteiger partial charge in [-0.2, -0.15) is 0 Å². The second-order valence-corrected chi connectivity index (χ2v) is 8.89. The molecule has 1 heterocycles. The van der Waals surface area contributed by atoms with Gasteiger partial charge in [0.1, 0.15) is 11.1 Å². The molecule has 0 spiro atoms. The summed E-state index contributed by atoms with van der Waals surface area (Å²) >= 11 is 1.42. The zero-order valence-electron chi connectivity index (χ0n) is 18.4. The molecule has 6 heteroatoms. The first-order valence-electron chi connectivity index (χ1n) is 10.5. The van der Waals surface area contributed by atoms with Crippen molar-refractivity contribution >= 4 is 23.4 Å². The molecule has 1 unspecified atom stereocenters. The Bertz CT molecular complexity index is 1210. The molecule has 0 aliphatic carbocycles. The number of carbonyl (C=O) groups excluding carboxylic acids is 1. The molecule has 5 nitrogen and oxygen atoms in total. The van der Waals surface area contributed by atoms with Gasteiger partial charge in [-0.1, -0.05) is 84.6 Å². The van der Waals surface area contributed by atoms with Crippen LogP contribution in [0.25, 0.3) is 0 Å². The van der Waals surface area contributed by atoms with Crippen LogP contribution in [-0.4, -0.2) is 20.7 Å². The standard InChI is InChI=1S/C26H26N4OS/c1-18-14-15-19(2)23(16-18)27-25(31)24(22-12-8-5-9-13-22)32-26-29-28-20(3)30(26)17-21-10-6-4-7-11-21/h4-16,24H,17H2,1-3H3,(H,27,31). The van der Waals surface area contributed by atoms with Gasteiger partial charge in [0.15, 0.2) is 5.16 Å². The van der Waals surface area contributed by atoms with Crippen molar-refractivity contribution in [1.29, 1.82) is 0 Å². The summed E-state index contributed by atoms with van der Waals surface area (Å²) in [5, 5.41) is 12.1. The van der Waals surface area contributed by atoms with Crippen LogP contribution in [0.5, 0.6) is 0 Å². The Balaban J connectivity index is 1.64. The molecule has 162 valence electrons. The summed E-state index contributed by atoms with van der Waals surface area (Å²) < 4.78 is 2.06. The van der Waals surface area contributed by atoms with Gasteiger partial charge < -0.3 is 9.88 Å². The Kier molecular flexibility index (Phi) is 6.71. The number of aromatic nitrogens is 3. The van der Waals surface area contributed by atoms with Crippen LogP contribution < -0.4 is 5.32 Å². The lowest BCUT2D eigenvalue weighted by molar-refractivity contribution is -0.115. The van der Waals surface area contributed by atoms with Gasteiger partial charge in [-0.15, -0.1) is 10.2 Å². The fourth-order valence-electron chi connectivity index (χ4n) is 3.47. The number of hydrogen-bond donors (Lipinski definition) is 1. The lowest BCUT2D eigenvalue weighted by Gasteiger charge is -2.18. The summed E-state index contributed by atoms with van der Waals surface area (Å²) in [5.41, 5.74) is 5.05. The molecule has 1 N–H and O–H groups in total. The Labute approximate surface area is 192 Å². The smallest absolute Gasteiger partial charge is 0.242 e. The second kappa shape index (κ2) is 9.83. The van der Waals surface area contributed by atoms with E-state index >= 15 is 0 Å². The number of thioether (sulfide) groups is 1. The van der Waals surface area contributed by atoms with E-state index in [-0.39, 0.29) is 5.91 Å². The van der Waals surface area contributed by atoms with E-state index in [2.05, 4.69) is 32.2 Å². The average Bonchev–Trinajstić information content (AvgIpc) is 3.14. The summed E-state index contributed by atoms with van der Waals surface area (Å²) in [6.45, 7) is 6.61. The quantitative estimate of drug-likeness (QED) is 0.372. The Morgan fingerprint density at radius 2 is 1.62 bits per heavy atom. The van der Waals surface area contributed by atoms with Crippen LogP contribution in [0.3, 0.4) is 0 Å². The molecular formula is C26H26N4OS. The van der Waals surface area contributed by atoms with Gasteiger partial charge in [-0.25, -0.2) is 0 Å². The molecule has 4 aromatic rings. The van der Waals surface area contributed by atoms with E-state index in [9.17, 15) is 4.79 Å². The highest BCUT2D eigenvalue weighted by atomic mass is 32.2. The zero-order valence-corrected chi connectivity index (χ0v) is 19.3. The van der Waals surface area contributed by atoms with Crippen molar-refractivity contribution in [2.24, 2.45) is 0 Å². The third-order valence-corrected chi connectivity index (χ3v) is 6.53. The van der Waals surface area contributed by atoms with E-state index < -0.39 is 5.25 Å². The highest BCUT2D eigenvalue weighted by Gasteiger charge is 2.26. The van der Waals surface area contributed by atoms with Crippen molar-refractivity contribution in [2.75, 3.05) is 5.32 Å². The van der Waals surface area contributed by atoms with Crippen LogP contribution in [0.2, 0.25) is 0 Å². The first-order valence-corrected chi connectivity index (χ1v) is 11.4. The molecule has 0 fully saturated rings. The number of amides is 1. The number of carbonyl (C=O) groups is 1. The minimum Gasteiger partial charge on any atom is -0.325 e. The molecule has 0 aliphatic rings. The highest BCUT2D eigenvalue weighted by Crippen LogP contribution is 2.36. The van der Waals surface area contributed by atoms with Crippen LogP contribution in [0.4, 0.5) is 5.69 Å². The normalized spacial score (nSPS) is 11.8. The Morgan fingerprint density at radius 1 is 0.938 bits per heavy atom. The van der Waals surface area contributed by atoms with Crippen LogP contribution in [0.15, 0.2) is 84.0 Å². The number of rotatable bonds is 7. The lowest BCUT2D eigenvalue weighted by atomic mass is 10.1. The van der Waals surface area contributed by atoms with Gasteiger partial charge >= 0.3 is 0 Å². The van der Waals surface area contributed by atoms with Crippen molar-refractivity contribution in [2.45, 2.75) is 37.7 Å². The van der Waals surface area contributed by atoms with Crippen molar-refractivity contribution in [1.82, 2.24) is 14.8 Å². The monoisotopic (exact) mass is 442 g/mol. The van der Waals surface area contributed by atoms with E-state index in [1.54, 1.807) is 0 Å². The molecule has 0 radical (unpaired) electrons. The topological polar surface area (TPSA) is 59.8 Å². The molecule has 0 saturated heterocycles. The van der Waals surface area contributed by atoms with Gasteiger partial charge in [-0.05, 0) is 49.1 Å². The molecule has 4 rings (SSSR count). The predicted octanol–water partition coefficient (Wildman–Crippen LogP) is 5.72. The second-order valence-electron chi connectivity index (χ2n) is 7.82. The third kappa shape index (κ3) is 5.08. The lowest BCUT2D eigenvalue weighted by Crippen LogP contribution is -2.20. The fraction of sp³-hybridized carbons (Fsp3) is 0.192. The van der Waals surface area contributed by atoms with Gasteiger partial charge in [0.05, 0.1) is 6.54 Å². The highest BCUT2D eigenvalue weighted by molar-refractivity contribution is 8.00. The molecule has 3 aromatic carbocycles. The van der Waals surface area contributed by atoms with E-state index in [1.807, 2.05) is 87.5 Å². The van der Waals surface area contributed by atoms with E-state index in [0.29, 0.717) is 6.54 Å². The van der Waals surface area contributed by atoms with Gasteiger partial charge in [-0.3, -0.25) is 4.79 Å². The van der Waals surface area contributed by atoms with Crippen molar-refractivity contribution in [3.05, 3.63) is 107 Å². The van der Waals surface area contributed by atoms with Gasteiger partial charge in [0, 0.05) is 5.69 Å². The molecular weight excluding hydrogens is 416 g/mol. The number of nitrogens with zero attached hydrogens (tertiary/aromatic N) is 3. The van der Waals surface area contributed by atoms with Gasteiger partial charge in [0.2, 0.25) is 5.91 Å². The average molecular weight is 443 g/mol. The summed E-state index contributed by atoms with van der Waals surface area (Å²) in [7, 11) is 0. The van der Waals surface area contributed by atoms with Crippen LogP contribution >= 0.6 is 11.8 Å². The van der Waals surface area contributed by atoms with Crippen molar-refractivity contribution in [3.63, 3.8) is 0 Å². The zero-order chi connectivity index (χ0) is 22.5. The minimum atomic E-state index is -0.464. The minimum absolute atomic E-state index is 0.0817. The Hall–Kier alpha value is -3.38. The van der Waals surface area contributed by atoms with E-state index in [1.165, 1.54) is 11.8 Å². The third-order valence-electron chi connectivity index (χ3n) is 5.30. The van der Waals surface area contributed by atoms with Crippen molar-refractivity contribution in [3.8, 4) is 0 Å². The van der Waals surface area contributed by atoms with Gasteiger partial charge in [0.25, 0.3) is 0 Å². The largest absolute Gasteiger partial charge is 0.325 e. The first-order chi connectivity index (χ1) is 15.5. The summed E-state index contributed by atoms with van der Waals surface area (Å²) in [6.07, 6.45) is 0. The van der Waals surface area contributed by atoms with Crippen molar-refractivity contribution < 1.29 is 4.79 Å². The summed E-state index contributed by atoms with van der Waals surface area (Å²) in [6, 6.07) is 26.1. The molecule has 1 atom stereocenters. The molecule has 32 heavy (non-hydrogen) atoms. The maximum absolute atomic E-state index is 13.5. The molecule has 1 amide bonds.